The third-order valence-electron chi connectivity index (χ3n) is 3.29. The fraction of sp³-hybridized carbons (Fsp3) is 0.105. The summed E-state index contributed by atoms with van der Waals surface area (Å²) in [5, 5.41) is 10.1. The molecule has 0 amide bonds. The fourth-order valence-electron chi connectivity index (χ4n) is 2.15. The van der Waals surface area contributed by atoms with Gasteiger partial charge in [0.05, 0.1) is 16.7 Å². The van der Waals surface area contributed by atoms with E-state index in [0.29, 0.717) is 33.1 Å². The van der Waals surface area contributed by atoms with Crippen molar-refractivity contribution in [3.63, 3.8) is 0 Å². The van der Waals surface area contributed by atoms with Gasteiger partial charge in [-0.1, -0.05) is 47.6 Å². The minimum atomic E-state index is 0.453. The summed E-state index contributed by atoms with van der Waals surface area (Å²) in [7, 11) is 0. The Labute approximate surface area is 155 Å². The summed E-state index contributed by atoms with van der Waals surface area (Å²) in [4.78, 5) is 8.86. The van der Waals surface area contributed by atoms with E-state index >= 15 is 0 Å². The molecule has 0 bridgehead atoms. The average molecular weight is 368 g/mol. The van der Waals surface area contributed by atoms with E-state index in [1.807, 2.05) is 37.3 Å². The highest BCUT2D eigenvalue weighted by Crippen LogP contribution is 2.29. The number of hydrogen-bond acceptors (Lipinski definition) is 5. The highest BCUT2D eigenvalue weighted by atomic mass is 35.5. The molecular formula is C19H14ClN3OS. The number of nitrogens with zero attached hydrogens (tertiary/aromatic N) is 3. The quantitative estimate of drug-likeness (QED) is 0.446. The van der Waals surface area contributed by atoms with Crippen LogP contribution < -0.4 is 4.74 Å². The van der Waals surface area contributed by atoms with Crippen molar-refractivity contribution in [3.05, 3.63) is 76.4 Å². The van der Waals surface area contributed by atoms with E-state index in [1.165, 1.54) is 11.8 Å². The number of thioether (sulfide) groups is 1. The van der Waals surface area contributed by atoms with E-state index in [1.54, 1.807) is 24.3 Å². The molecular weight excluding hydrogens is 354 g/mol. The molecule has 0 fully saturated rings. The monoisotopic (exact) mass is 367 g/mol. The van der Waals surface area contributed by atoms with Crippen molar-refractivity contribution in [2.24, 2.45) is 0 Å². The van der Waals surface area contributed by atoms with Gasteiger partial charge in [-0.25, -0.2) is 4.98 Å². The number of aromatic nitrogens is 2. The number of halogens is 1. The van der Waals surface area contributed by atoms with Crippen molar-refractivity contribution < 1.29 is 4.74 Å². The van der Waals surface area contributed by atoms with E-state index in [2.05, 4.69) is 16.0 Å². The first-order valence-corrected chi connectivity index (χ1v) is 8.90. The second-order valence-corrected chi connectivity index (χ2v) is 6.61. The van der Waals surface area contributed by atoms with Crippen LogP contribution in [0.25, 0.3) is 0 Å². The topological polar surface area (TPSA) is 58.8 Å². The van der Waals surface area contributed by atoms with Crippen molar-refractivity contribution in [2.75, 3.05) is 0 Å². The zero-order chi connectivity index (χ0) is 17.6. The fourth-order valence-corrected chi connectivity index (χ4v) is 3.16. The Bertz CT molecular complexity index is 940. The molecule has 3 rings (SSSR count). The largest absolute Gasteiger partial charge is 0.437 e. The number of para-hydroxylation sites is 1. The summed E-state index contributed by atoms with van der Waals surface area (Å²) in [6.07, 6.45) is 0. The summed E-state index contributed by atoms with van der Waals surface area (Å²) in [5.74, 6) is 1.68. The summed E-state index contributed by atoms with van der Waals surface area (Å²) in [5.41, 5.74) is 2.50. The maximum absolute atomic E-state index is 8.97. The maximum atomic E-state index is 8.97. The van der Waals surface area contributed by atoms with E-state index < -0.39 is 0 Å². The third kappa shape index (κ3) is 4.72. The molecule has 1 aromatic heterocycles. The molecule has 0 spiro atoms. The van der Waals surface area contributed by atoms with Crippen molar-refractivity contribution >= 4 is 23.4 Å². The minimum Gasteiger partial charge on any atom is -0.437 e. The van der Waals surface area contributed by atoms with Gasteiger partial charge in [0.1, 0.15) is 5.75 Å². The number of nitriles is 1. The molecule has 0 N–H and O–H groups in total. The molecule has 1 heterocycles. The van der Waals surface area contributed by atoms with Crippen LogP contribution in [-0.2, 0) is 5.75 Å². The Hall–Kier alpha value is -2.55. The summed E-state index contributed by atoms with van der Waals surface area (Å²) >= 11 is 7.61. The third-order valence-corrected chi connectivity index (χ3v) is 4.52. The van der Waals surface area contributed by atoms with Crippen LogP contribution in [0, 0.1) is 18.3 Å². The number of hydrogen-bond donors (Lipinski definition) is 0. The van der Waals surface area contributed by atoms with Gasteiger partial charge in [0.15, 0.2) is 5.16 Å². The Balaban J connectivity index is 1.75. The highest BCUT2D eigenvalue weighted by molar-refractivity contribution is 7.98. The van der Waals surface area contributed by atoms with Crippen molar-refractivity contribution in [1.29, 1.82) is 5.26 Å². The predicted octanol–water partition coefficient (Wildman–Crippen LogP) is 5.39. The van der Waals surface area contributed by atoms with Gasteiger partial charge in [-0.05, 0) is 36.8 Å². The van der Waals surface area contributed by atoms with E-state index in [9.17, 15) is 0 Å². The molecule has 4 nitrogen and oxygen atoms in total. The molecule has 0 saturated carbocycles. The summed E-state index contributed by atoms with van der Waals surface area (Å²) in [6.45, 7) is 1.89. The molecule has 0 aliphatic heterocycles. The van der Waals surface area contributed by atoms with Gasteiger partial charge in [0.2, 0.25) is 5.88 Å². The van der Waals surface area contributed by atoms with Crippen molar-refractivity contribution in [2.45, 2.75) is 17.8 Å². The lowest BCUT2D eigenvalue weighted by Crippen LogP contribution is -1.95. The maximum Gasteiger partial charge on any atom is 0.223 e. The molecule has 0 saturated heterocycles. The van der Waals surface area contributed by atoms with Crippen LogP contribution in [0.3, 0.4) is 0 Å². The Morgan fingerprint density at radius 1 is 1.12 bits per heavy atom. The first kappa shape index (κ1) is 17.3. The van der Waals surface area contributed by atoms with Gasteiger partial charge in [0, 0.05) is 17.5 Å². The molecule has 6 heteroatoms. The lowest BCUT2D eigenvalue weighted by Gasteiger charge is -2.08. The Morgan fingerprint density at radius 2 is 1.96 bits per heavy atom. The average Bonchev–Trinajstić information content (AvgIpc) is 2.62. The second-order valence-electron chi connectivity index (χ2n) is 5.26. The predicted molar refractivity (Wildman–Crippen MR) is 99.0 cm³/mol. The minimum absolute atomic E-state index is 0.453. The molecule has 124 valence electrons. The van der Waals surface area contributed by atoms with Gasteiger partial charge in [-0.15, -0.1) is 0 Å². The van der Waals surface area contributed by atoms with E-state index in [0.717, 1.165) is 11.3 Å². The smallest absolute Gasteiger partial charge is 0.223 e. The zero-order valence-electron chi connectivity index (χ0n) is 13.4. The van der Waals surface area contributed by atoms with Gasteiger partial charge in [-0.3, -0.25) is 0 Å². The lowest BCUT2D eigenvalue weighted by atomic mass is 10.2. The normalized spacial score (nSPS) is 10.3. The second kappa shape index (κ2) is 8.02. The van der Waals surface area contributed by atoms with E-state index in [4.69, 9.17) is 21.6 Å². The van der Waals surface area contributed by atoms with Crippen LogP contribution in [0.1, 0.15) is 16.8 Å². The zero-order valence-corrected chi connectivity index (χ0v) is 15.0. The molecule has 0 radical (unpaired) electrons. The van der Waals surface area contributed by atoms with Crippen LogP contribution in [0.15, 0.2) is 59.8 Å². The van der Waals surface area contributed by atoms with Crippen LogP contribution in [0.5, 0.6) is 11.6 Å². The van der Waals surface area contributed by atoms with Gasteiger partial charge in [-0.2, -0.15) is 10.2 Å². The summed E-state index contributed by atoms with van der Waals surface area (Å²) in [6, 6.07) is 18.7. The van der Waals surface area contributed by atoms with Crippen LogP contribution in [-0.4, -0.2) is 9.97 Å². The van der Waals surface area contributed by atoms with E-state index in [-0.39, 0.29) is 0 Å². The first-order valence-electron chi connectivity index (χ1n) is 7.54. The molecule has 0 unspecified atom stereocenters. The Morgan fingerprint density at radius 3 is 2.76 bits per heavy atom. The number of ether oxygens (including phenoxy) is 1. The molecule has 25 heavy (non-hydrogen) atoms. The highest BCUT2D eigenvalue weighted by Gasteiger charge is 2.08. The Kier molecular flexibility index (Phi) is 5.54. The number of rotatable bonds is 5. The first-order chi connectivity index (χ1) is 12.1. The SMILES string of the molecule is Cc1cc(Oc2ccccc2Cl)nc(SCc2cccc(C#N)c2)n1. The lowest BCUT2D eigenvalue weighted by molar-refractivity contribution is 0.454. The van der Waals surface area contributed by atoms with Crippen molar-refractivity contribution in [1.82, 2.24) is 9.97 Å². The van der Waals surface area contributed by atoms with Gasteiger partial charge >= 0.3 is 0 Å². The standard InChI is InChI=1S/C19H14ClN3OS/c1-13-9-18(24-17-8-3-2-7-16(17)20)23-19(22-13)25-12-15-6-4-5-14(10-15)11-21/h2-10H,12H2,1H3. The van der Waals surface area contributed by atoms with Gasteiger partial charge in [0.25, 0.3) is 0 Å². The van der Waals surface area contributed by atoms with Crippen LogP contribution >= 0.6 is 23.4 Å². The van der Waals surface area contributed by atoms with Crippen LogP contribution in [0.2, 0.25) is 5.02 Å². The molecule has 0 aliphatic rings. The molecule has 0 aliphatic carbocycles. The molecule has 0 atom stereocenters. The molecule has 3 aromatic rings. The van der Waals surface area contributed by atoms with Crippen molar-refractivity contribution in [3.8, 4) is 17.7 Å². The number of aryl methyl sites for hydroxylation is 1. The van der Waals surface area contributed by atoms with Gasteiger partial charge < -0.3 is 4.74 Å². The summed E-state index contributed by atoms with van der Waals surface area (Å²) < 4.78 is 5.78. The number of benzene rings is 2. The van der Waals surface area contributed by atoms with Crippen LogP contribution in [0.4, 0.5) is 0 Å². The molecule has 2 aromatic carbocycles.